The molecule has 0 aromatic heterocycles. The summed E-state index contributed by atoms with van der Waals surface area (Å²) >= 11 is 0. The summed E-state index contributed by atoms with van der Waals surface area (Å²) in [4.78, 5) is 45.4. The van der Waals surface area contributed by atoms with Crippen LogP contribution in [0, 0.1) is 20.2 Å². The lowest BCUT2D eigenvalue weighted by atomic mass is 10.2. The van der Waals surface area contributed by atoms with Gasteiger partial charge in [0.15, 0.2) is 11.5 Å². The summed E-state index contributed by atoms with van der Waals surface area (Å²) in [6.07, 6.45) is 0.295. The van der Waals surface area contributed by atoms with Crippen LogP contribution >= 0.6 is 0 Å². The van der Waals surface area contributed by atoms with Crippen LogP contribution in [0.1, 0.15) is 20.3 Å². The lowest BCUT2D eigenvalue weighted by Crippen LogP contribution is -2.31. The van der Waals surface area contributed by atoms with E-state index in [1.54, 1.807) is 36.1 Å². The number of rotatable bonds is 11. The number of azo groups is 1. The van der Waals surface area contributed by atoms with Gasteiger partial charge in [-0.2, -0.15) is 5.11 Å². The quantitative estimate of drug-likeness (QED) is 0.215. The van der Waals surface area contributed by atoms with Crippen LogP contribution in [0.25, 0.3) is 0 Å². The Bertz CT molecular complexity index is 1040. The van der Waals surface area contributed by atoms with Crippen molar-refractivity contribution in [1.82, 2.24) is 0 Å². The fraction of sp³-hybridized carbons (Fsp3) is 0.300. The summed E-state index contributed by atoms with van der Waals surface area (Å²) in [6, 6.07) is 9.66. The van der Waals surface area contributed by atoms with E-state index in [0.717, 1.165) is 18.2 Å². The van der Waals surface area contributed by atoms with Gasteiger partial charge >= 0.3 is 11.7 Å². The highest BCUT2D eigenvalue weighted by Crippen LogP contribution is 2.32. The zero-order chi connectivity index (χ0) is 23.7. The molecule has 0 saturated carbocycles. The molecular formula is C20H21N5O7. The number of nitro groups is 2. The van der Waals surface area contributed by atoms with E-state index in [1.165, 1.54) is 0 Å². The lowest BCUT2D eigenvalue weighted by molar-refractivity contribution is -0.393. The monoisotopic (exact) mass is 443 g/mol. The summed E-state index contributed by atoms with van der Waals surface area (Å²) in [6.45, 7) is 3.76. The van der Waals surface area contributed by atoms with Gasteiger partial charge in [0.25, 0.3) is 5.69 Å². The van der Waals surface area contributed by atoms with Crippen molar-refractivity contribution in [3.05, 3.63) is 62.7 Å². The lowest BCUT2D eigenvalue weighted by Gasteiger charge is -2.21. The number of hydrogen-bond acceptors (Lipinski definition) is 10. The Kier molecular flexibility index (Phi) is 8.45. The minimum atomic E-state index is -0.767. The molecule has 0 aliphatic carbocycles. The van der Waals surface area contributed by atoms with Crippen LogP contribution in [-0.2, 0) is 14.3 Å². The molecule has 2 rings (SSSR count). The summed E-state index contributed by atoms with van der Waals surface area (Å²) in [5, 5.41) is 29.7. The number of carbonyl (C=O) groups is 2. The highest BCUT2D eigenvalue weighted by atomic mass is 16.6. The van der Waals surface area contributed by atoms with Crippen LogP contribution in [0.3, 0.4) is 0 Å². The molecule has 0 atom stereocenters. The van der Waals surface area contributed by atoms with Crippen molar-refractivity contribution < 1.29 is 24.2 Å². The molecule has 12 nitrogen and oxygen atoms in total. The number of hydrogen-bond donors (Lipinski definition) is 0. The second kappa shape index (κ2) is 11.2. The number of esters is 1. The van der Waals surface area contributed by atoms with Crippen molar-refractivity contribution in [1.29, 1.82) is 0 Å². The first kappa shape index (κ1) is 24.1. The standard InChI is InChI=1S/C20H21N5O7/c1-3-17(26)13-32-20(27)12-23(4-2)15-7-5-14(6-8-15)21-22-18-10-9-16(24(28)29)11-19(18)25(30)31/h5-11H,3-4,12-13H2,1-2H3. The van der Waals surface area contributed by atoms with E-state index in [0.29, 0.717) is 24.3 Å². The normalized spacial score (nSPS) is 10.7. The maximum absolute atomic E-state index is 11.9. The van der Waals surface area contributed by atoms with E-state index in [2.05, 4.69) is 10.2 Å². The molecule has 0 aliphatic rings. The van der Waals surface area contributed by atoms with Crippen molar-refractivity contribution in [3.63, 3.8) is 0 Å². The highest BCUT2D eigenvalue weighted by molar-refractivity contribution is 5.83. The van der Waals surface area contributed by atoms with E-state index in [-0.39, 0.29) is 24.6 Å². The molecule has 0 saturated heterocycles. The van der Waals surface area contributed by atoms with Gasteiger partial charge in [0.05, 0.1) is 21.6 Å². The number of ketones is 1. The van der Waals surface area contributed by atoms with Crippen molar-refractivity contribution in [2.75, 3.05) is 24.6 Å². The first-order valence-electron chi connectivity index (χ1n) is 9.62. The summed E-state index contributed by atoms with van der Waals surface area (Å²) < 4.78 is 4.95. The zero-order valence-corrected chi connectivity index (χ0v) is 17.5. The second-order valence-corrected chi connectivity index (χ2v) is 6.47. The molecular weight excluding hydrogens is 422 g/mol. The Morgan fingerprint density at radius 1 is 1.00 bits per heavy atom. The summed E-state index contributed by atoms with van der Waals surface area (Å²) in [7, 11) is 0. The fourth-order valence-corrected chi connectivity index (χ4v) is 2.55. The van der Waals surface area contributed by atoms with Gasteiger partial charge in [-0.05, 0) is 37.3 Å². The maximum atomic E-state index is 11.9. The first-order valence-corrected chi connectivity index (χ1v) is 9.62. The Morgan fingerprint density at radius 3 is 2.25 bits per heavy atom. The van der Waals surface area contributed by atoms with Gasteiger partial charge < -0.3 is 9.64 Å². The number of anilines is 1. The topological polar surface area (TPSA) is 158 Å². The molecule has 0 bridgehead atoms. The van der Waals surface area contributed by atoms with Gasteiger partial charge in [-0.3, -0.25) is 29.8 Å². The van der Waals surface area contributed by atoms with Gasteiger partial charge in [0.1, 0.15) is 13.2 Å². The maximum Gasteiger partial charge on any atom is 0.325 e. The summed E-state index contributed by atoms with van der Waals surface area (Å²) in [5.41, 5.74) is 0.0124. The molecule has 168 valence electrons. The predicted octanol–water partition coefficient (Wildman–Crippen LogP) is 4.27. The first-order chi connectivity index (χ1) is 15.2. The molecule has 12 heteroatoms. The van der Waals surface area contributed by atoms with Crippen LogP contribution in [0.5, 0.6) is 0 Å². The van der Waals surface area contributed by atoms with Crippen molar-refractivity contribution in [3.8, 4) is 0 Å². The molecule has 0 amide bonds. The average molecular weight is 443 g/mol. The highest BCUT2D eigenvalue weighted by Gasteiger charge is 2.19. The SMILES string of the molecule is CCC(=O)COC(=O)CN(CC)c1ccc(N=Nc2ccc([N+](=O)[O-])cc2[N+](=O)[O-])cc1. The number of ether oxygens (including phenoxy) is 1. The van der Waals surface area contributed by atoms with Crippen LogP contribution in [-0.4, -0.2) is 41.3 Å². The van der Waals surface area contributed by atoms with Gasteiger partial charge in [-0.1, -0.05) is 6.92 Å². The number of carbonyl (C=O) groups excluding carboxylic acids is 2. The average Bonchev–Trinajstić information content (AvgIpc) is 2.79. The molecule has 0 unspecified atom stereocenters. The number of nitrogens with zero attached hydrogens (tertiary/aromatic N) is 5. The molecule has 0 N–H and O–H groups in total. The van der Waals surface area contributed by atoms with Crippen molar-refractivity contribution in [2.24, 2.45) is 10.2 Å². The second-order valence-electron chi connectivity index (χ2n) is 6.47. The van der Waals surface area contributed by atoms with Gasteiger partial charge in [-0.25, -0.2) is 0 Å². The third-order valence-electron chi connectivity index (χ3n) is 4.34. The van der Waals surface area contributed by atoms with Gasteiger partial charge in [0, 0.05) is 24.7 Å². The van der Waals surface area contributed by atoms with Crippen LogP contribution in [0.2, 0.25) is 0 Å². The molecule has 2 aromatic carbocycles. The zero-order valence-electron chi connectivity index (χ0n) is 17.5. The van der Waals surface area contributed by atoms with E-state index in [4.69, 9.17) is 4.74 Å². The van der Waals surface area contributed by atoms with E-state index in [1.807, 2.05) is 6.92 Å². The molecule has 32 heavy (non-hydrogen) atoms. The third-order valence-corrected chi connectivity index (χ3v) is 4.34. The summed E-state index contributed by atoms with van der Waals surface area (Å²) in [5.74, 6) is -0.688. The number of likely N-dealkylation sites (N-methyl/N-ethyl adjacent to an activating group) is 1. The Hall–Kier alpha value is -4.22. The Morgan fingerprint density at radius 2 is 1.69 bits per heavy atom. The predicted molar refractivity (Wildman–Crippen MR) is 115 cm³/mol. The number of benzene rings is 2. The number of Topliss-reactive ketones (excluding diaryl/α,β-unsaturated/α-hetero) is 1. The van der Waals surface area contributed by atoms with Crippen molar-refractivity contribution >= 4 is 40.2 Å². The molecule has 0 aliphatic heterocycles. The molecule has 0 spiro atoms. The Labute approximate surface area is 182 Å². The minimum absolute atomic E-state index is 0.0383. The smallest absolute Gasteiger partial charge is 0.325 e. The number of non-ortho nitro benzene ring substituents is 1. The Balaban J connectivity index is 2.11. The minimum Gasteiger partial charge on any atom is -0.456 e. The molecule has 0 fully saturated rings. The van der Waals surface area contributed by atoms with Crippen LogP contribution in [0.4, 0.5) is 28.4 Å². The van der Waals surface area contributed by atoms with Gasteiger partial charge in [0.2, 0.25) is 0 Å². The van der Waals surface area contributed by atoms with E-state index < -0.39 is 27.2 Å². The molecule has 0 heterocycles. The van der Waals surface area contributed by atoms with Crippen LogP contribution < -0.4 is 4.90 Å². The van der Waals surface area contributed by atoms with E-state index in [9.17, 15) is 29.8 Å². The third kappa shape index (κ3) is 6.65. The molecule has 2 aromatic rings. The van der Waals surface area contributed by atoms with E-state index >= 15 is 0 Å². The number of nitro benzene ring substituents is 2. The van der Waals surface area contributed by atoms with Crippen LogP contribution in [0.15, 0.2) is 52.7 Å². The molecule has 0 radical (unpaired) electrons. The fourth-order valence-electron chi connectivity index (χ4n) is 2.55. The van der Waals surface area contributed by atoms with Crippen molar-refractivity contribution in [2.45, 2.75) is 20.3 Å². The largest absolute Gasteiger partial charge is 0.456 e. The van der Waals surface area contributed by atoms with Gasteiger partial charge in [-0.15, -0.1) is 5.11 Å².